The maximum atomic E-state index is 11.8. The third kappa shape index (κ3) is 5.35. The van der Waals surface area contributed by atoms with Gasteiger partial charge in [-0.3, -0.25) is 4.79 Å². The molecule has 0 fully saturated rings. The molecule has 0 spiro atoms. The van der Waals surface area contributed by atoms with Crippen molar-refractivity contribution in [2.24, 2.45) is 11.7 Å². The molecule has 0 saturated carbocycles. The SMILES string of the molecule is CCC(CCN)CCC(=O)Nc1ccccc1I. The van der Waals surface area contributed by atoms with Crippen LogP contribution in [-0.4, -0.2) is 12.5 Å². The quantitative estimate of drug-likeness (QED) is 0.733. The number of hydrogen-bond donors (Lipinski definition) is 2. The zero-order valence-electron chi connectivity index (χ0n) is 10.8. The van der Waals surface area contributed by atoms with E-state index in [-0.39, 0.29) is 5.91 Å². The van der Waals surface area contributed by atoms with E-state index in [0.717, 1.165) is 28.5 Å². The minimum absolute atomic E-state index is 0.0922. The molecule has 1 aromatic carbocycles. The van der Waals surface area contributed by atoms with Crippen LogP contribution in [0, 0.1) is 9.49 Å². The van der Waals surface area contributed by atoms with E-state index in [2.05, 4.69) is 34.8 Å². The van der Waals surface area contributed by atoms with Gasteiger partial charge in [0.15, 0.2) is 0 Å². The number of benzene rings is 1. The Kier molecular flexibility index (Phi) is 7.27. The molecular formula is C14H21IN2O. The smallest absolute Gasteiger partial charge is 0.224 e. The van der Waals surface area contributed by atoms with E-state index < -0.39 is 0 Å². The van der Waals surface area contributed by atoms with Crippen LogP contribution < -0.4 is 11.1 Å². The Labute approximate surface area is 123 Å². The van der Waals surface area contributed by atoms with Gasteiger partial charge in [-0.2, -0.15) is 0 Å². The number of carbonyl (C=O) groups is 1. The molecule has 3 nitrogen and oxygen atoms in total. The van der Waals surface area contributed by atoms with Gasteiger partial charge in [0.25, 0.3) is 0 Å². The Hall–Kier alpha value is -0.620. The summed E-state index contributed by atoms with van der Waals surface area (Å²) in [4.78, 5) is 11.8. The molecule has 1 aromatic rings. The number of carbonyl (C=O) groups excluding carboxylic acids is 1. The van der Waals surface area contributed by atoms with Gasteiger partial charge in [-0.1, -0.05) is 25.5 Å². The highest BCUT2D eigenvalue weighted by Crippen LogP contribution is 2.19. The summed E-state index contributed by atoms with van der Waals surface area (Å²) in [5, 5.41) is 2.95. The van der Waals surface area contributed by atoms with Gasteiger partial charge < -0.3 is 11.1 Å². The number of hydrogen-bond acceptors (Lipinski definition) is 2. The average Bonchev–Trinajstić information content (AvgIpc) is 2.37. The van der Waals surface area contributed by atoms with Crippen molar-refractivity contribution in [2.75, 3.05) is 11.9 Å². The maximum absolute atomic E-state index is 11.8. The Morgan fingerprint density at radius 1 is 1.39 bits per heavy atom. The molecule has 4 heteroatoms. The minimum Gasteiger partial charge on any atom is -0.330 e. The van der Waals surface area contributed by atoms with Crippen LogP contribution in [-0.2, 0) is 4.79 Å². The van der Waals surface area contributed by atoms with Crippen molar-refractivity contribution in [2.45, 2.75) is 32.6 Å². The summed E-state index contributed by atoms with van der Waals surface area (Å²) >= 11 is 2.23. The molecule has 0 radical (unpaired) electrons. The monoisotopic (exact) mass is 360 g/mol. The Morgan fingerprint density at radius 3 is 2.72 bits per heavy atom. The van der Waals surface area contributed by atoms with E-state index in [9.17, 15) is 4.79 Å². The lowest BCUT2D eigenvalue weighted by molar-refractivity contribution is -0.116. The van der Waals surface area contributed by atoms with E-state index in [0.29, 0.717) is 18.9 Å². The molecule has 1 atom stereocenters. The molecule has 0 bridgehead atoms. The molecule has 0 aliphatic rings. The van der Waals surface area contributed by atoms with E-state index in [1.165, 1.54) is 0 Å². The minimum atomic E-state index is 0.0922. The third-order valence-electron chi connectivity index (χ3n) is 3.08. The standard InChI is InChI=1S/C14H21IN2O/c1-2-11(9-10-16)7-8-14(18)17-13-6-4-3-5-12(13)15/h3-6,11H,2,7-10,16H2,1H3,(H,17,18). The van der Waals surface area contributed by atoms with Crippen molar-refractivity contribution in [1.29, 1.82) is 0 Å². The largest absolute Gasteiger partial charge is 0.330 e. The molecular weight excluding hydrogens is 339 g/mol. The van der Waals surface area contributed by atoms with Crippen molar-refractivity contribution in [3.05, 3.63) is 27.8 Å². The van der Waals surface area contributed by atoms with Gasteiger partial charge in [0, 0.05) is 9.99 Å². The molecule has 0 aliphatic carbocycles. The second kappa shape index (κ2) is 8.48. The van der Waals surface area contributed by atoms with Crippen LogP contribution in [0.25, 0.3) is 0 Å². The summed E-state index contributed by atoms with van der Waals surface area (Å²) in [6, 6.07) is 7.81. The van der Waals surface area contributed by atoms with E-state index >= 15 is 0 Å². The number of nitrogens with two attached hydrogens (primary N) is 1. The van der Waals surface area contributed by atoms with Gasteiger partial charge in [-0.25, -0.2) is 0 Å². The second-order valence-electron chi connectivity index (χ2n) is 4.42. The fourth-order valence-electron chi connectivity index (χ4n) is 1.90. The topological polar surface area (TPSA) is 55.1 Å². The number of nitrogens with one attached hydrogen (secondary N) is 1. The second-order valence-corrected chi connectivity index (χ2v) is 5.58. The summed E-state index contributed by atoms with van der Waals surface area (Å²) in [7, 11) is 0. The highest BCUT2D eigenvalue weighted by Gasteiger charge is 2.10. The van der Waals surface area contributed by atoms with Gasteiger partial charge >= 0.3 is 0 Å². The summed E-state index contributed by atoms with van der Waals surface area (Å²) < 4.78 is 1.07. The lowest BCUT2D eigenvalue weighted by Gasteiger charge is -2.13. The van der Waals surface area contributed by atoms with Crippen LogP contribution in [0.1, 0.15) is 32.6 Å². The fraction of sp³-hybridized carbons (Fsp3) is 0.500. The average molecular weight is 360 g/mol. The molecule has 3 N–H and O–H groups in total. The number of amides is 1. The molecule has 0 saturated heterocycles. The Bertz CT molecular complexity index is 382. The van der Waals surface area contributed by atoms with Gasteiger partial charge in [0.2, 0.25) is 5.91 Å². The molecule has 100 valence electrons. The molecule has 1 unspecified atom stereocenters. The van der Waals surface area contributed by atoms with Gasteiger partial charge in [-0.15, -0.1) is 0 Å². The Balaban J connectivity index is 2.40. The van der Waals surface area contributed by atoms with Gasteiger partial charge in [0.05, 0.1) is 5.69 Å². The molecule has 0 aliphatic heterocycles. The number of para-hydroxylation sites is 1. The Morgan fingerprint density at radius 2 is 2.11 bits per heavy atom. The summed E-state index contributed by atoms with van der Waals surface area (Å²) in [5.74, 6) is 0.658. The van der Waals surface area contributed by atoms with Crippen molar-refractivity contribution in [3.8, 4) is 0 Å². The first kappa shape index (κ1) is 15.4. The van der Waals surface area contributed by atoms with Crippen LogP contribution in [0.4, 0.5) is 5.69 Å². The van der Waals surface area contributed by atoms with Crippen molar-refractivity contribution < 1.29 is 4.79 Å². The van der Waals surface area contributed by atoms with Crippen LogP contribution >= 0.6 is 22.6 Å². The third-order valence-corrected chi connectivity index (χ3v) is 4.02. The predicted molar refractivity (Wildman–Crippen MR) is 84.5 cm³/mol. The predicted octanol–water partition coefficient (Wildman–Crippen LogP) is 3.38. The van der Waals surface area contributed by atoms with Crippen molar-refractivity contribution >= 4 is 34.2 Å². The van der Waals surface area contributed by atoms with Crippen LogP contribution in [0.2, 0.25) is 0 Å². The molecule has 1 amide bonds. The lowest BCUT2D eigenvalue weighted by atomic mass is 9.96. The molecule has 0 aromatic heterocycles. The summed E-state index contributed by atoms with van der Waals surface area (Å²) in [6.07, 6.45) is 3.59. The highest BCUT2D eigenvalue weighted by molar-refractivity contribution is 14.1. The lowest BCUT2D eigenvalue weighted by Crippen LogP contribution is -2.15. The first-order valence-corrected chi connectivity index (χ1v) is 7.49. The number of halogens is 1. The van der Waals surface area contributed by atoms with Crippen LogP contribution in [0.3, 0.4) is 0 Å². The van der Waals surface area contributed by atoms with Gasteiger partial charge in [-0.05, 0) is 60.0 Å². The first-order valence-electron chi connectivity index (χ1n) is 6.41. The molecule has 0 heterocycles. The van der Waals surface area contributed by atoms with Crippen molar-refractivity contribution in [1.82, 2.24) is 0 Å². The summed E-state index contributed by atoms with van der Waals surface area (Å²) in [5.41, 5.74) is 6.45. The van der Waals surface area contributed by atoms with Crippen LogP contribution in [0.15, 0.2) is 24.3 Å². The van der Waals surface area contributed by atoms with Crippen LogP contribution in [0.5, 0.6) is 0 Å². The highest BCUT2D eigenvalue weighted by atomic mass is 127. The first-order chi connectivity index (χ1) is 8.67. The fourth-order valence-corrected chi connectivity index (χ4v) is 2.42. The maximum Gasteiger partial charge on any atom is 0.224 e. The number of anilines is 1. The number of rotatable bonds is 7. The zero-order valence-corrected chi connectivity index (χ0v) is 12.9. The van der Waals surface area contributed by atoms with Crippen molar-refractivity contribution in [3.63, 3.8) is 0 Å². The van der Waals surface area contributed by atoms with E-state index in [1.54, 1.807) is 0 Å². The van der Waals surface area contributed by atoms with E-state index in [1.807, 2.05) is 24.3 Å². The molecule has 1 rings (SSSR count). The molecule has 18 heavy (non-hydrogen) atoms. The normalized spacial score (nSPS) is 12.2. The van der Waals surface area contributed by atoms with Gasteiger partial charge in [0.1, 0.15) is 0 Å². The summed E-state index contributed by atoms with van der Waals surface area (Å²) in [6.45, 7) is 2.86. The van der Waals surface area contributed by atoms with E-state index in [4.69, 9.17) is 5.73 Å². The zero-order chi connectivity index (χ0) is 13.4.